The van der Waals surface area contributed by atoms with Crippen LogP contribution in [-0.4, -0.2) is 9.38 Å². The van der Waals surface area contributed by atoms with Gasteiger partial charge in [0.2, 0.25) is 0 Å². The van der Waals surface area contributed by atoms with Crippen LogP contribution in [0.3, 0.4) is 0 Å². The van der Waals surface area contributed by atoms with Crippen molar-refractivity contribution in [1.82, 2.24) is 9.38 Å². The van der Waals surface area contributed by atoms with Crippen molar-refractivity contribution in [3.63, 3.8) is 0 Å². The molecule has 0 amide bonds. The second kappa shape index (κ2) is 4.35. The minimum Gasteiger partial charge on any atom is -0.383 e. The fourth-order valence-corrected chi connectivity index (χ4v) is 4.20. The molecule has 4 rings (SSSR count). The van der Waals surface area contributed by atoms with Crippen molar-refractivity contribution < 1.29 is 0 Å². The van der Waals surface area contributed by atoms with E-state index in [0.717, 1.165) is 28.5 Å². The van der Waals surface area contributed by atoms with Crippen molar-refractivity contribution >= 4 is 22.1 Å². The molecule has 0 aliphatic heterocycles. The maximum Gasteiger partial charge on any atom is 0.196 e. The summed E-state index contributed by atoms with van der Waals surface area (Å²) in [7, 11) is 0. The number of hydrogen-bond acceptors (Lipinski definition) is 3. The van der Waals surface area contributed by atoms with Gasteiger partial charge < -0.3 is 5.73 Å². The largest absolute Gasteiger partial charge is 0.383 e. The van der Waals surface area contributed by atoms with Crippen LogP contribution < -0.4 is 5.73 Å². The van der Waals surface area contributed by atoms with Crippen LogP contribution in [-0.2, 0) is 12.8 Å². The number of thiazole rings is 1. The Labute approximate surface area is 122 Å². The molecule has 0 bridgehead atoms. The predicted octanol–water partition coefficient (Wildman–Crippen LogP) is 3.83. The van der Waals surface area contributed by atoms with Gasteiger partial charge in [-0.3, -0.25) is 4.40 Å². The van der Waals surface area contributed by atoms with Crippen LogP contribution in [0.15, 0.2) is 24.3 Å². The first-order chi connectivity index (χ1) is 9.74. The molecule has 0 saturated carbocycles. The fraction of sp³-hybridized carbons (Fsp3) is 0.312. The summed E-state index contributed by atoms with van der Waals surface area (Å²) in [5.41, 5.74) is 11.1. The normalized spacial score (nSPS) is 14.7. The number of rotatable bonds is 1. The molecule has 2 N–H and O–H groups in total. The Morgan fingerprint density at radius 2 is 1.90 bits per heavy atom. The van der Waals surface area contributed by atoms with E-state index < -0.39 is 0 Å². The molecular formula is C16H17N3S. The number of aryl methyl sites for hydroxylation is 3. The lowest BCUT2D eigenvalue weighted by atomic mass is 10.0. The van der Waals surface area contributed by atoms with Gasteiger partial charge in [0.1, 0.15) is 11.5 Å². The zero-order valence-electron chi connectivity index (χ0n) is 11.5. The molecule has 20 heavy (non-hydrogen) atoms. The Morgan fingerprint density at radius 3 is 2.70 bits per heavy atom. The molecule has 102 valence electrons. The van der Waals surface area contributed by atoms with Crippen LogP contribution in [0.5, 0.6) is 0 Å². The summed E-state index contributed by atoms with van der Waals surface area (Å²) in [5, 5.41) is 0. The van der Waals surface area contributed by atoms with E-state index in [1.165, 1.54) is 35.4 Å². The number of nitrogens with two attached hydrogens (primary N) is 1. The SMILES string of the molecule is Cc1ccc(-c2nc3sc4c(n3c2N)CCCC4)cc1. The van der Waals surface area contributed by atoms with Gasteiger partial charge in [0, 0.05) is 16.1 Å². The molecule has 2 heterocycles. The smallest absolute Gasteiger partial charge is 0.196 e. The maximum atomic E-state index is 6.38. The molecule has 1 aliphatic rings. The second-order valence-corrected chi connectivity index (χ2v) is 6.57. The number of anilines is 1. The van der Waals surface area contributed by atoms with Gasteiger partial charge in [-0.25, -0.2) is 4.98 Å². The third kappa shape index (κ3) is 1.68. The summed E-state index contributed by atoms with van der Waals surface area (Å²) < 4.78 is 2.17. The van der Waals surface area contributed by atoms with E-state index in [4.69, 9.17) is 10.7 Å². The summed E-state index contributed by atoms with van der Waals surface area (Å²) >= 11 is 1.80. The van der Waals surface area contributed by atoms with Crippen molar-refractivity contribution in [3.05, 3.63) is 40.4 Å². The Hall–Kier alpha value is -1.81. The Kier molecular flexibility index (Phi) is 2.60. The minimum absolute atomic E-state index is 0.795. The molecule has 0 spiro atoms. The Bertz CT molecular complexity index is 780. The maximum absolute atomic E-state index is 6.38. The monoisotopic (exact) mass is 283 g/mol. The van der Waals surface area contributed by atoms with Gasteiger partial charge in [0.25, 0.3) is 0 Å². The van der Waals surface area contributed by atoms with E-state index in [-0.39, 0.29) is 0 Å². The molecule has 1 aliphatic carbocycles. The second-order valence-electron chi connectivity index (χ2n) is 5.51. The zero-order chi connectivity index (χ0) is 13.7. The number of nitrogen functional groups attached to an aromatic ring is 1. The van der Waals surface area contributed by atoms with Gasteiger partial charge in [-0.15, -0.1) is 11.3 Å². The molecule has 0 unspecified atom stereocenters. The van der Waals surface area contributed by atoms with Crippen molar-refractivity contribution in [3.8, 4) is 11.3 Å². The van der Waals surface area contributed by atoms with Gasteiger partial charge in [-0.2, -0.15) is 0 Å². The molecule has 3 nitrogen and oxygen atoms in total. The number of fused-ring (bicyclic) bond motifs is 3. The van der Waals surface area contributed by atoms with Gasteiger partial charge >= 0.3 is 0 Å². The molecule has 1 aromatic carbocycles. The van der Waals surface area contributed by atoms with Crippen molar-refractivity contribution in [1.29, 1.82) is 0 Å². The minimum atomic E-state index is 0.795. The Balaban J connectivity index is 1.91. The molecule has 0 atom stereocenters. The highest BCUT2D eigenvalue weighted by molar-refractivity contribution is 7.17. The van der Waals surface area contributed by atoms with E-state index in [0.29, 0.717) is 0 Å². The standard InChI is InChI=1S/C16H17N3S/c1-10-6-8-11(9-7-10)14-15(17)19-12-4-2-3-5-13(12)20-16(19)18-14/h6-9H,2-5,17H2,1H3. The first kappa shape index (κ1) is 12.0. The third-order valence-corrected chi connectivity index (χ3v) is 5.22. The predicted molar refractivity (Wildman–Crippen MR) is 84.3 cm³/mol. The number of imidazole rings is 1. The van der Waals surface area contributed by atoms with Gasteiger partial charge in [-0.1, -0.05) is 29.8 Å². The summed E-state index contributed by atoms with van der Waals surface area (Å²) in [5.74, 6) is 0.795. The number of benzene rings is 1. The number of nitrogens with zero attached hydrogens (tertiary/aromatic N) is 2. The third-order valence-electron chi connectivity index (χ3n) is 4.08. The average molecular weight is 283 g/mol. The topological polar surface area (TPSA) is 43.3 Å². The summed E-state index contributed by atoms with van der Waals surface area (Å²) in [6.45, 7) is 2.09. The average Bonchev–Trinajstić information content (AvgIpc) is 2.97. The highest BCUT2D eigenvalue weighted by Gasteiger charge is 2.21. The van der Waals surface area contributed by atoms with Crippen LogP contribution >= 0.6 is 11.3 Å². The first-order valence-electron chi connectivity index (χ1n) is 7.09. The lowest BCUT2D eigenvalue weighted by Crippen LogP contribution is -2.04. The van der Waals surface area contributed by atoms with Crippen molar-refractivity contribution in [2.45, 2.75) is 32.6 Å². The van der Waals surface area contributed by atoms with E-state index in [9.17, 15) is 0 Å². The summed E-state index contributed by atoms with van der Waals surface area (Å²) in [6, 6.07) is 8.42. The molecule has 2 aromatic heterocycles. The van der Waals surface area contributed by atoms with E-state index >= 15 is 0 Å². The summed E-state index contributed by atoms with van der Waals surface area (Å²) in [6.07, 6.45) is 4.86. The van der Waals surface area contributed by atoms with E-state index in [2.05, 4.69) is 35.6 Å². The molecule has 0 radical (unpaired) electrons. The molecule has 3 aromatic rings. The van der Waals surface area contributed by atoms with Crippen LogP contribution in [0.1, 0.15) is 29.0 Å². The van der Waals surface area contributed by atoms with Gasteiger partial charge in [-0.05, 0) is 32.6 Å². The number of hydrogen-bond donors (Lipinski definition) is 1. The Morgan fingerprint density at radius 1 is 1.15 bits per heavy atom. The van der Waals surface area contributed by atoms with Crippen LogP contribution in [0.2, 0.25) is 0 Å². The first-order valence-corrected chi connectivity index (χ1v) is 7.91. The lowest BCUT2D eigenvalue weighted by molar-refractivity contribution is 0.675. The highest BCUT2D eigenvalue weighted by Crippen LogP contribution is 2.36. The number of aromatic nitrogens is 2. The zero-order valence-corrected chi connectivity index (χ0v) is 12.3. The van der Waals surface area contributed by atoms with Crippen molar-refractivity contribution in [2.24, 2.45) is 0 Å². The fourth-order valence-electron chi connectivity index (χ4n) is 2.98. The summed E-state index contributed by atoms with van der Waals surface area (Å²) in [4.78, 5) is 7.29. The van der Waals surface area contributed by atoms with E-state index in [1.54, 1.807) is 11.3 Å². The van der Waals surface area contributed by atoms with Gasteiger partial charge in [0.05, 0.1) is 0 Å². The lowest BCUT2D eigenvalue weighted by Gasteiger charge is -2.11. The van der Waals surface area contributed by atoms with Gasteiger partial charge in [0.15, 0.2) is 4.96 Å². The highest BCUT2D eigenvalue weighted by atomic mass is 32.1. The van der Waals surface area contributed by atoms with Crippen molar-refractivity contribution in [2.75, 3.05) is 5.73 Å². The quantitative estimate of drug-likeness (QED) is 0.737. The van der Waals surface area contributed by atoms with Crippen LogP contribution in [0.25, 0.3) is 16.2 Å². The van der Waals surface area contributed by atoms with E-state index in [1.807, 2.05) is 0 Å². The van der Waals surface area contributed by atoms with Crippen LogP contribution in [0, 0.1) is 6.92 Å². The molecule has 4 heteroatoms. The molecule has 0 saturated heterocycles. The van der Waals surface area contributed by atoms with Crippen LogP contribution in [0.4, 0.5) is 5.82 Å². The molecule has 0 fully saturated rings. The molecular weight excluding hydrogens is 266 g/mol.